The molecule has 2 aromatic carbocycles. The van der Waals surface area contributed by atoms with Crippen molar-refractivity contribution >= 4 is 31.4 Å². The van der Waals surface area contributed by atoms with Gasteiger partial charge in [-0.3, -0.25) is 0 Å². The molecule has 1 aliphatic rings. The minimum Gasteiger partial charge on any atom is -0.399 e. The van der Waals surface area contributed by atoms with Crippen molar-refractivity contribution in [1.29, 1.82) is 0 Å². The van der Waals surface area contributed by atoms with E-state index in [2.05, 4.69) is 0 Å². The second kappa shape index (κ2) is 7.36. The molecule has 2 atom stereocenters. The van der Waals surface area contributed by atoms with Gasteiger partial charge in [0.05, 0.1) is 9.79 Å². The summed E-state index contributed by atoms with van der Waals surface area (Å²) in [6, 6.07) is 10.9. The number of nitrogen functional groups attached to an aromatic ring is 2. The summed E-state index contributed by atoms with van der Waals surface area (Å²) in [5.41, 5.74) is 12.2. The van der Waals surface area contributed by atoms with Crippen LogP contribution in [0.1, 0.15) is 13.8 Å². The van der Waals surface area contributed by atoms with Crippen LogP contribution in [0.25, 0.3) is 0 Å². The number of hydrogen-bond acceptors (Lipinski definition) is 6. The maximum Gasteiger partial charge on any atom is 0.243 e. The predicted molar refractivity (Wildman–Crippen MR) is 108 cm³/mol. The zero-order valence-electron chi connectivity index (χ0n) is 15.7. The molecule has 4 N–H and O–H groups in total. The van der Waals surface area contributed by atoms with Gasteiger partial charge in [0, 0.05) is 36.5 Å². The maximum atomic E-state index is 13.0. The lowest BCUT2D eigenvalue weighted by molar-refractivity contribution is 0.164. The molecule has 28 heavy (non-hydrogen) atoms. The van der Waals surface area contributed by atoms with Gasteiger partial charge < -0.3 is 11.5 Å². The van der Waals surface area contributed by atoms with Gasteiger partial charge in [-0.25, -0.2) is 16.8 Å². The topological polar surface area (TPSA) is 127 Å². The molecule has 8 nitrogen and oxygen atoms in total. The highest BCUT2D eigenvalue weighted by atomic mass is 32.2. The third-order valence-corrected chi connectivity index (χ3v) is 8.83. The van der Waals surface area contributed by atoms with Crippen LogP contribution in [0.4, 0.5) is 11.4 Å². The number of sulfonamides is 2. The molecule has 0 amide bonds. The Kier molecular flexibility index (Phi) is 5.41. The highest BCUT2D eigenvalue weighted by Crippen LogP contribution is 2.28. The van der Waals surface area contributed by atoms with E-state index < -0.39 is 32.1 Å². The molecular weight excluding hydrogens is 400 g/mol. The number of nitrogens with zero attached hydrogens (tertiary/aromatic N) is 2. The number of rotatable bonds is 4. The van der Waals surface area contributed by atoms with E-state index in [-0.39, 0.29) is 22.9 Å². The molecule has 0 aliphatic carbocycles. The number of nitrogens with two attached hydrogens (primary N) is 2. The van der Waals surface area contributed by atoms with Crippen molar-refractivity contribution in [3.05, 3.63) is 48.5 Å². The van der Waals surface area contributed by atoms with E-state index in [0.29, 0.717) is 11.4 Å². The molecule has 0 aromatic heterocycles. The Hall–Kier alpha value is -2.14. The number of anilines is 2. The summed E-state index contributed by atoms with van der Waals surface area (Å²) in [6.07, 6.45) is 0. The molecule has 3 rings (SSSR count). The van der Waals surface area contributed by atoms with Crippen molar-refractivity contribution in [2.45, 2.75) is 35.7 Å². The first kappa shape index (κ1) is 20.6. The molecule has 2 aromatic rings. The molecule has 10 heteroatoms. The monoisotopic (exact) mass is 424 g/mol. The van der Waals surface area contributed by atoms with Crippen molar-refractivity contribution in [1.82, 2.24) is 8.61 Å². The van der Waals surface area contributed by atoms with Gasteiger partial charge in [0.25, 0.3) is 0 Å². The van der Waals surface area contributed by atoms with E-state index >= 15 is 0 Å². The molecule has 0 bridgehead atoms. The van der Waals surface area contributed by atoms with Crippen LogP contribution in [0.2, 0.25) is 0 Å². The Balaban J connectivity index is 1.88. The van der Waals surface area contributed by atoms with Crippen LogP contribution in [0.3, 0.4) is 0 Å². The lowest BCUT2D eigenvalue weighted by Gasteiger charge is -2.42. The van der Waals surface area contributed by atoms with Gasteiger partial charge >= 0.3 is 0 Å². The Morgan fingerprint density at radius 1 is 0.679 bits per heavy atom. The van der Waals surface area contributed by atoms with Gasteiger partial charge in [-0.15, -0.1) is 0 Å². The van der Waals surface area contributed by atoms with Crippen LogP contribution in [-0.4, -0.2) is 50.6 Å². The smallest absolute Gasteiger partial charge is 0.243 e. The minimum absolute atomic E-state index is 0.0576. The maximum absolute atomic E-state index is 13.0. The van der Waals surface area contributed by atoms with Gasteiger partial charge in [0.15, 0.2) is 0 Å². The average Bonchev–Trinajstić information content (AvgIpc) is 2.63. The van der Waals surface area contributed by atoms with Crippen molar-refractivity contribution in [2.24, 2.45) is 0 Å². The molecular formula is C18H24N4O4S2. The summed E-state index contributed by atoms with van der Waals surface area (Å²) in [7, 11) is -7.52. The van der Waals surface area contributed by atoms with E-state index in [0.717, 1.165) is 0 Å². The lowest BCUT2D eigenvalue weighted by atomic mass is 10.2. The number of benzene rings is 2. The predicted octanol–water partition coefficient (Wildman–Crippen LogP) is 1.32. The molecule has 0 radical (unpaired) electrons. The molecule has 0 spiro atoms. The highest BCUT2D eigenvalue weighted by Gasteiger charge is 2.41. The summed E-state index contributed by atoms with van der Waals surface area (Å²) in [6.45, 7) is 3.52. The zero-order chi connectivity index (χ0) is 20.7. The average molecular weight is 425 g/mol. The van der Waals surface area contributed by atoms with E-state index in [9.17, 15) is 16.8 Å². The van der Waals surface area contributed by atoms with E-state index in [1.54, 1.807) is 13.8 Å². The van der Waals surface area contributed by atoms with Crippen molar-refractivity contribution in [2.75, 3.05) is 24.6 Å². The first-order chi connectivity index (χ1) is 13.0. The van der Waals surface area contributed by atoms with Gasteiger partial charge in [-0.05, 0) is 62.4 Å². The summed E-state index contributed by atoms with van der Waals surface area (Å²) < 4.78 is 54.8. The Morgan fingerprint density at radius 2 is 0.964 bits per heavy atom. The molecule has 152 valence electrons. The van der Waals surface area contributed by atoms with Crippen molar-refractivity contribution < 1.29 is 16.8 Å². The van der Waals surface area contributed by atoms with Gasteiger partial charge in [-0.1, -0.05) is 0 Å². The molecule has 1 aliphatic heterocycles. The molecule has 1 saturated heterocycles. The standard InChI is InChI=1S/C18H24N4O4S2/c1-13-11-22(28(25,26)18-9-5-16(20)6-10-18)14(2)12-21(13)27(23,24)17-7-3-15(19)4-8-17/h3-10,13-14H,11-12,19-20H2,1-2H3. The van der Waals surface area contributed by atoms with E-state index in [1.807, 2.05) is 0 Å². The van der Waals surface area contributed by atoms with E-state index in [1.165, 1.54) is 57.1 Å². The van der Waals surface area contributed by atoms with Gasteiger partial charge in [0.2, 0.25) is 20.0 Å². The summed E-state index contributed by atoms with van der Waals surface area (Å²) in [5, 5.41) is 0. The van der Waals surface area contributed by atoms with E-state index in [4.69, 9.17) is 11.5 Å². The highest BCUT2D eigenvalue weighted by molar-refractivity contribution is 7.89. The summed E-state index contributed by atoms with van der Waals surface area (Å²) >= 11 is 0. The number of piperazine rings is 1. The van der Waals surface area contributed by atoms with Crippen molar-refractivity contribution in [3.8, 4) is 0 Å². The third kappa shape index (κ3) is 3.72. The largest absolute Gasteiger partial charge is 0.399 e. The van der Waals surface area contributed by atoms with Crippen LogP contribution in [0.5, 0.6) is 0 Å². The first-order valence-corrected chi connectivity index (χ1v) is 11.7. The molecule has 1 fully saturated rings. The third-order valence-electron chi connectivity index (χ3n) is 4.84. The zero-order valence-corrected chi connectivity index (χ0v) is 17.3. The van der Waals surface area contributed by atoms with Crippen LogP contribution in [-0.2, 0) is 20.0 Å². The second-order valence-corrected chi connectivity index (χ2v) is 10.8. The minimum atomic E-state index is -3.76. The Bertz CT molecular complexity index is 964. The fourth-order valence-electron chi connectivity index (χ4n) is 3.28. The molecule has 1 heterocycles. The number of hydrogen-bond donors (Lipinski definition) is 2. The van der Waals surface area contributed by atoms with Crippen LogP contribution < -0.4 is 11.5 Å². The first-order valence-electron chi connectivity index (χ1n) is 8.78. The second-order valence-electron chi connectivity index (χ2n) is 6.99. The summed E-state index contributed by atoms with van der Waals surface area (Å²) in [4.78, 5) is 0.270. The molecule has 2 unspecified atom stereocenters. The van der Waals surface area contributed by atoms with Crippen LogP contribution in [0.15, 0.2) is 58.3 Å². The summed E-state index contributed by atoms with van der Waals surface area (Å²) in [5.74, 6) is 0. The van der Waals surface area contributed by atoms with Crippen LogP contribution in [0, 0.1) is 0 Å². The quantitative estimate of drug-likeness (QED) is 0.713. The Morgan fingerprint density at radius 3 is 1.25 bits per heavy atom. The fourth-order valence-corrected chi connectivity index (χ4v) is 6.69. The van der Waals surface area contributed by atoms with Crippen LogP contribution >= 0.6 is 0 Å². The lowest BCUT2D eigenvalue weighted by Crippen LogP contribution is -2.59. The van der Waals surface area contributed by atoms with Gasteiger partial charge in [-0.2, -0.15) is 8.61 Å². The van der Waals surface area contributed by atoms with Crippen molar-refractivity contribution in [3.63, 3.8) is 0 Å². The van der Waals surface area contributed by atoms with Gasteiger partial charge in [0.1, 0.15) is 0 Å². The fraction of sp³-hybridized carbons (Fsp3) is 0.333. The normalized spacial score (nSPS) is 22.2. The molecule has 0 saturated carbocycles. The Labute approximate surface area is 165 Å². The SMILES string of the molecule is CC1CN(S(=O)(=O)c2ccc(N)cc2)C(C)CN1S(=O)(=O)c1ccc(N)cc1.